The Morgan fingerprint density at radius 1 is 1.27 bits per heavy atom. The lowest BCUT2D eigenvalue weighted by Gasteiger charge is -2.28. The van der Waals surface area contributed by atoms with Gasteiger partial charge in [0.15, 0.2) is 6.61 Å². The van der Waals surface area contributed by atoms with Gasteiger partial charge in [0, 0.05) is 17.8 Å². The summed E-state index contributed by atoms with van der Waals surface area (Å²) in [6.07, 6.45) is 0. The smallest absolute Gasteiger partial charge is 0.265 e. The lowest BCUT2D eigenvalue weighted by Crippen LogP contribution is -2.38. The molecule has 1 aromatic carbocycles. The second kappa shape index (κ2) is 5.90. The number of anilines is 1. The summed E-state index contributed by atoms with van der Waals surface area (Å²) in [4.78, 5) is 17.9. The van der Waals surface area contributed by atoms with E-state index in [4.69, 9.17) is 4.74 Å². The number of likely N-dealkylation sites (N-methyl/N-ethyl adjacent to an activating group) is 1. The first-order valence-corrected chi connectivity index (χ1v) is 7.20. The van der Waals surface area contributed by atoms with Crippen LogP contribution in [0.1, 0.15) is 23.9 Å². The predicted molar refractivity (Wildman–Crippen MR) is 84.9 cm³/mol. The number of fused-ring (bicyclic) bond motifs is 1. The van der Waals surface area contributed by atoms with E-state index in [0.717, 1.165) is 28.4 Å². The number of benzene rings is 1. The molecule has 4 nitrogen and oxygen atoms in total. The van der Waals surface area contributed by atoms with Crippen molar-refractivity contribution in [2.24, 2.45) is 0 Å². The van der Waals surface area contributed by atoms with Crippen LogP contribution in [0.4, 0.5) is 5.69 Å². The molecule has 0 aliphatic carbocycles. The van der Waals surface area contributed by atoms with Crippen LogP contribution in [0.15, 0.2) is 36.4 Å². The third kappa shape index (κ3) is 2.79. The normalized spacial score (nSPS) is 13.0. The van der Waals surface area contributed by atoms with Crippen molar-refractivity contribution in [3.8, 4) is 17.6 Å². The fourth-order valence-corrected chi connectivity index (χ4v) is 2.38. The number of carbonyl (C=O) groups excluding carboxylic acids is 1. The van der Waals surface area contributed by atoms with Gasteiger partial charge in [-0.1, -0.05) is 12.0 Å². The molecule has 0 N–H and O–H groups in total. The second-order valence-corrected chi connectivity index (χ2v) is 5.02. The largest absolute Gasteiger partial charge is 0.482 e. The molecule has 0 unspecified atom stereocenters. The Balaban J connectivity index is 1.94. The molecule has 0 spiro atoms. The topological polar surface area (TPSA) is 42.4 Å². The number of rotatable bonds is 1. The van der Waals surface area contributed by atoms with Crippen molar-refractivity contribution < 1.29 is 9.53 Å². The summed E-state index contributed by atoms with van der Waals surface area (Å²) in [5.74, 6) is 6.83. The third-order valence-corrected chi connectivity index (χ3v) is 3.44. The van der Waals surface area contributed by atoms with E-state index in [1.165, 1.54) is 0 Å². The van der Waals surface area contributed by atoms with Gasteiger partial charge < -0.3 is 9.64 Å². The lowest BCUT2D eigenvalue weighted by molar-refractivity contribution is -0.121. The van der Waals surface area contributed by atoms with E-state index in [9.17, 15) is 4.79 Å². The molecule has 1 aliphatic rings. The van der Waals surface area contributed by atoms with Gasteiger partial charge >= 0.3 is 0 Å². The maximum Gasteiger partial charge on any atom is 0.265 e. The van der Waals surface area contributed by atoms with Gasteiger partial charge in [0.05, 0.1) is 5.69 Å². The number of amides is 1. The van der Waals surface area contributed by atoms with Crippen molar-refractivity contribution in [2.75, 3.05) is 18.1 Å². The second-order valence-electron chi connectivity index (χ2n) is 5.02. The molecule has 4 heteroatoms. The van der Waals surface area contributed by atoms with E-state index in [1.54, 1.807) is 4.90 Å². The summed E-state index contributed by atoms with van der Waals surface area (Å²) >= 11 is 0. The Morgan fingerprint density at radius 3 is 2.91 bits per heavy atom. The van der Waals surface area contributed by atoms with Gasteiger partial charge in [-0.25, -0.2) is 4.98 Å². The number of aryl methyl sites for hydroxylation is 1. The molecule has 0 saturated heterocycles. The van der Waals surface area contributed by atoms with Crippen LogP contribution in [-0.4, -0.2) is 24.0 Å². The van der Waals surface area contributed by atoms with E-state index in [-0.39, 0.29) is 12.5 Å². The predicted octanol–water partition coefficient (Wildman–Crippen LogP) is 2.54. The third-order valence-electron chi connectivity index (χ3n) is 3.44. The highest BCUT2D eigenvalue weighted by atomic mass is 16.5. The maximum atomic E-state index is 11.9. The highest BCUT2D eigenvalue weighted by Gasteiger charge is 2.24. The van der Waals surface area contributed by atoms with Crippen molar-refractivity contribution in [2.45, 2.75) is 13.8 Å². The summed E-state index contributed by atoms with van der Waals surface area (Å²) in [6.45, 7) is 4.60. The van der Waals surface area contributed by atoms with Crippen LogP contribution < -0.4 is 9.64 Å². The van der Waals surface area contributed by atoms with Crippen molar-refractivity contribution in [3.05, 3.63) is 53.3 Å². The van der Waals surface area contributed by atoms with Crippen LogP contribution >= 0.6 is 0 Å². The minimum absolute atomic E-state index is 0.0274. The van der Waals surface area contributed by atoms with Crippen LogP contribution in [0.5, 0.6) is 5.75 Å². The SMILES string of the molecule is CCN1C(=O)COc2ccc(C#Cc3cccc(C)n3)cc21. The highest BCUT2D eigenvalue weighted by Crippen LogP contribution is 2.32. The molecule has 0 saturated carbocycles. The average Bonchev–Trinajstić information content (AvgIpc) is 2.53. The summed E-state index contributed by atoms with van der Waals surface area (Å²) in [6, 6.07) is 11.4. The van der Waals surface area contributed by atoms with Gasteiger partial charge in [0.1, 0.15) is 11.4 Å². The first-order chi connectivity index (χ1) is 10.7. The quantitative estimate of drug-likeness (QED) is 0.759. The van der Waals surface area contributed by atoms with Crippen LogP contribution in [-0.2, 0) is 4.79 Å². The first kappa shape index (κ1) is 14.2. The van der Waals surface area contributed by atoms with Gasteiger partial charge in [-0.05, 0) is 50.1 Å². The number of nitrogens with zero attached hydrogens (tertiary/aromatic N) is 2. The van der Waals surface area contributed by atoms with Gasteiger partial charge in [-0.3, -0.25) is 4.79 Å². The van der Waals surface area contributed by atoms with Crippen molar-refractivity contribution in [1.29, 1.82) is 0 Å². The first-order valence-electron chi connectivity index (χ1n) is 7.20. The van der Waals surface area contributed by atoms with E-state index in [1.807, 2.05) is 50.2 Å². The molecular weight excluding hydrogens is 276 g/mol. The molecule has 2 aromatic rings. The Labute approximate surface area is 129 Å². The van der Waals surface area contributed by atoms with Crippen molar-refractivity contribution in [1.82, 2.24) is 4.98 Å². The van der Waals surface area contributed by atoms with E-state index in [2.05, 4.69) is 16.8 Å². The Bertz CT molecular complexity index is 787. The van der Waals surface area contributed by atoms with Gasteiger partial charge in [-0.15, -0.1) is 0 Å². The summed E-state index contributed by atoms with van der Waals surface area (Å²) < 4.78 is 5.45. The molecule has 1 aromatic heterocycles. The average molecular weight is 292 g/mol. The van der Waals surface area contributed by atoms with Gasteiger partial charge in [-0.2, -0.15) is 0 Å². The standard InChI is InChI=1S/C18H16N2O2/c1-3-20-16-11-14(8-10-17(16)22-12-18(20)21)7-9-15-6-4-5-13(2)19-15/h4-6,8,10-11H,3,12H2,1-2H3. The summed E-state index contributed by atoms with van der Waals surface area (Å²) in [5, 5.41) is 0. The zero-order valence-electron chi connectivity index (χ0n) is 12.6. The molecule has 1 amide bonds. The molecule has 0 fully saturated rings. The minimum Gasteiger partial charge on any atom is -0.482 e. The fraction of sp³-hybridized carbons (Fsp3) is 0.222. The number of hydrogen-bond acceptors (Lipinski definition) is 3. The van der Waals surface area contributed by atoms with Crippen molar-refractivity contribution >= 4 is 11.6 Å². The summed E-state index contributed by atoms with van der Waals surface area (Å²) in [7, 11) is 0. The molecule has 22 heavy (non-hydrogen) atoms. The van der Waals surface area contributed by atoms with Gasteiger partial charge in [0.25, 0.3) is 5.91 Å². The zero-order chi connectivity index (χ0) is 15.5. The number of carbonyl (C=O) groups is 1. The van der Waals surface area contributed by atoms with E-state index < -0.39 is 0 Å². The Hall–Kier alpha value is -2.80. The molecule has 3 rings (SSSR count). The highest BCUT2D eigenvalue weighted by molar-refractivity contribution is 5.98. The molecule has 0 radical (unpaired) electrons. The number of aromatic nitrogens is 1. The summed E-state index contributed by atoms with van der Waals surface area (Å²) in [5.41, 5.74) is 3.28. The van der Waals surface area contributed by atoms with E-state index in [0.29, 0.717) is 6.54 Å². The maximum absolute atomic E-state index is 11.9. The molecule has 0 atom stereocenters. The number of ether oxygens (including phenoxy) is 1. The molecular formula is C18H16N2O2. The van der Waals surface area contributed by atoms with Crippen LogP contribution in [0.25, 0.3) is 0 Å². The molecule has 0 bridgehead atoms. The van der Waals surface area contributed by atoms with Crippen LogP contribution in [0.3, 0.4) is 0 Å². The minimum atomic E-state index is -0.0274. The van der Waals surface area contributed by atoms with Gasteiger partial charge in [0.2, 0.25) is 0 Å². The number of pyridine rings is 1. The Kier molecular flexibility index (Phi) is 3.80. The number of hydrogen-bond donors (Lipinski definition) is 0. The molecule has 1 aliphatic heterocycles. The lowest BCUT2D eigenvalue weighted by atomic mass is 10.1. The Morgan fingerprint density at radius 2 is 2.14 bits per heavy atom. The monoisotopic (exact) mass is 292 g/mol. The van der Waals surface area contributed by atoms with E-state index >= 15 is 0 Å². The molecule has 2 heterocycles. The fourth-order valence-electron chi connectivity index (χ4n) is 2.38. The zero-order valence-corrected chi connectivity index (χ0v) is 12.6. The molecule has 110 valence electrons. The van der Waals surface area contributed by atoms with Crippen LogP contribution in [0.2, 0.25) is 0 Å². The van der Waals surface area contributed by atoms with Crippen molar-refractivity contribution in [3.63, 3.8) is 0 Å². The van der Waals surface area contributed by atoms with Crippen LogP contribution in [0, 0.1) is 18.8 Å².